The number of hydrogen-bond acceptors (Lipinski definition) is 4. The van der Waals surface area contributed by atoms with E-state index in [9.17, 15) is 4.79 Å². The van der Waals surface area contributed by atoms with Crippen LogP contribution in [0.15, 0.2) is 18.2 Å². The van der Waals surface area contributed by atoms with E-state index in [2.05, 4.69) is 5.32 Å². The van der Waals surface area contributed by atoms with Gasteiger partial charge in [0.15, 0.2) is 0 Å². The molecule has 0 spiro atoms. The van der Waals surface area contributed by atoms with Gasteiger partial charge in [-0.15, -0.1) is 0 Å². The van der Waals surface area contributed by atoms with Gasteiger partial charge in [-0.2, -0.15) is 5.26 Å². The fraction of sp³-hybridized carbons (Fsp3) is 0.429. The topological polar surface area (TPSA) is 62.1 Å². The molecular weight excluding hydrogens is 264 g/mol. The first-order chi connectivity index (χ1) is 9.10. The lowest BCUT2D eigenvalue weighted by Crippen LogP contribution is -2.29. The van der Waals surface area contributed by atoms with Crippen molar-refractivity contribution < 1.29 is 9.53 Å². The van der Waals surface area contributed by atoms with Crippen molar-refractivity contribution in [3.05, 3.63) is 28.8 Å². The first kappa shape index (κ1) is 15.3. The summed E-state index contributed by atoms with van der Waals surface area (Å²) in [6.07, 6.45) is 1.02. The van der Waals surface area contributed by atoms with Crippen molar-refractivity contribution in [2.45, 2.75) is 32.7 Å². The van der Waals surface area contributed by atoms with Crippen LogP contribution in [0.3, 0.4) is 0 Å². The maximum absolute atomic E-state index is 11.7. The minimum atomic E-state index is -0.510. The molecule has 102 valence electrons. The highest BCUT2D eigenvalue weighted by molar-refractivity contribution is 6.33. The standard InChI is InChI=1S/C14H17ClN2O2/c1-3-11-6-4-7-12(15)13(11)17-10(2)14(18)19-9-5-8-16/h4,6-7,10,17H,3,5,9H2,1-2H3/t10-/m0/s1. The van der Waals surface area contributed by atoms with Crippen LogP contribution in [0.5, 0.6) is 0 Å². The second-order valence-corrected chi connectivity index (χ2v) is 4.48. The summed E-state index contributed by atoms with van der Waals surface area (Å²) in [7, 11) is 0. The minimum absolute atomic E-state index is 0.116. The van der Waals surface area contributed by atoms with E-state index in [1.807, 2.05) is 25.1 Å². The number of aryl methyl sites for hydroxylation is 1. The molecule has 1 rings (SSSR count). The molecule has 1 aromatic carbocycles. The Balaban J connectivity index is 2.69. The van der Waals surface area contributed by atoms with Gasteiger partial charge in [-0.1, -0.05) is 30.7 Å². The molecule has 0 radical (unpaired) electrons. The lowest BCUT2D eigenvalue weighted by atomic mass is 10.1. The monoisotopic (exact) mass is 280 g/mol. The molecule has 0 aromatic heterocycles. The zero-order valence-corrected chi connectivity index (χ0v) is 11.8. The summed E-state index contributed by atoms with van der Waals surface area (Å²) < 4.78 is 4.96. The molecule has 19 heavy (non-hydrogen) atoms. The number of halogens is 1. The number of nitrogens with zero attached hydrogens (tertiary/aromatic N) is 1. The van der Waals surface area contributed by atoms with Gasteiger partial charge in [-0.3, -0.25) is 0 Å². The number of carbonyl (C=O) groups excluding carboxylic acids is 1. The maximum Gasteiger partial charge on any atom is 0.328 e. The quantitative estimate of drug-likeness (QED) is 0.642. The van der Waals surface area contributed by atoms with E-state index >= 15 is 0 Å². The molecule has 0 aliphatic heterocycles. The average molecular weight is 281 g/mol. The van der Waals surface area contributed by atoms with Gasteiger partial charge in [0.05, 0.1) is 23.2 Å². The molecule has 1 aromatic rings. The maximum atomic E-state index is 11.7. The lowest BCUT2D eigenvalue weighted by molar-refractivity contribution is -0.143. The molecule has 1 atom stereocenters. The van der Waals surface area contributed by atoms with Crippen molar-refractivity contribution in [1.82, 2.24) is 0 Å². The summed E-state index contributed by atoms with van der Waals surface area (Å²) in [6.45, 7) is 3.84. The average Bonchev–Trinajstić information content (AvgIpc) is 2.41. The normalized spacial score (nSPS) is 11.5. The largest absolute Gasteiger partial charge is 0.463 e. The Bertz CT molecular complexity index is 483. The summed E-state index contributed by atoms with van der Waals surface area (Å²) in [5.41, 5.74) is 1.81. The van der Waals surface area contributed by atoms with Crippen molar-refractivity contribution >= 4 is 23.3 Å². The van der Waals surface area contributed by atoms with Crippen LogP contribution in [-0.2, 0) is 16.0 Å². The number of para-hydroxylation sites is 1. The molecule has 0 saturated heterocycles. The zero-order valence-electron chi connectivity index (χ0n) is 11.1. The van der Waals surface area contributed by atoms with Gasteiger partial charge in [0, 0.05) is 0 Å². The molecule has 1 N–H and O–H groups in total. The number of rotatable bonds is 6. The fourth-order valence-electron chi connectivity index (χ4n) is 1.62. The molecule has 0 aliphatic rings. The van der Waals surface area contributed by atoms with Gasteiger partial charge in [-0.05, 0) is 25.0 Å². The Kier molecular flexibility index (Phi) is 6.17. The third-order valence-corrected chi connectivity index (χ3v) is 2.97. The SMILES string of the molecule is CCc1cccc(Cl)c1N[C@@H](C)C(=O)OCCC#N. The van der Waals surface area contributed by atoms with Crippen LogP contribution < -0.4 is 5.32 Å². The van der Waals surface area contributed by atoms with E-state index in [1.54, 1.807) is 13.0 Å². The molecule has 0 unspecified atom stereocenters. The number of ether oxygens (including phenoxy) is 1. The fourth-order valence-corrected chi connectivity index (χ4v) is 1.87. The highest BCUT2D eigenvalue weighted by Gasteiger charge is 2.16. The van der Waals surface area contributed by atoms with Crippen LogP contribution in [0.25, 0.3) is 0 Å². The molecular formula is C14H17ClN2O2. The summed E-state index contributed by atoms with van der Waals surface area (Å²) in [5, 5.41) is 12.0. The van der Waals surface area contributed by atoms with E-state index in [0.29, 0.717) is 5.02 Å². The predicted octanol–water partition coefficient (Wildman–Crippen LogP) is 3.16. The van der Waals surface area contributed by atoms with Gasteiger partial charge < -0.3 is 10.1 Å². The summed E-state index contributed by atoms with van der Waals surface area (Å²) in [5.74, 6) is -0.391. The van der Waals surface area contributed by atoms with Gasteiger partial charge in [0.1, 0.15) is 12.6 Å². The smallest absolute Gasteiger partial charge is 0.328 e. The van der Waals surface area contributed by atoms with Gasteiger partial charge in [0.25, 0.3) is 0 Å². The molecule has 0 heterocycles. The number of nitriles is 1. The number of anilines is 1. The molecule has 0 saturated carbocycles. The second kappa shape index (κ2) is 7.65. The van der Waals surface area contributed by atoms with Crippen molar-refractivity contribution in [2.75, 3.05) is 11.9 Å². The summed E-state index contributed by atoms with van der Waals surface area (Å²) in [6, 6.07) is 7.02. The molecule has 0 aliphatic carbocycles. The molecule has 5 heteroatoms. The van der Waals surface area contributed by atoms with Crippen LogP contribution in [0.1, 0.15) is 25.8 Å². The zero-order chi connectivity index (χ0) is 14.3. The number of carbonyl (C=O) groups is 1. The van der Waals surface area contributed by atoms with E-state index in [0.717, 1.165) is 17.7 Å². The molecule has 0 amide bonds. The first-order valence-corrected chi connectivity index (χ1v) is 6.55. The third kappa shape index (κ3) is 4.46. The van der Waals surface area contributed by atoms with Crippen molar-refractivity contribution in [2.24, 2.45) is 0 Å². The van der Waals surface area contributed by atoms with Gasteiger partial charge >= 0.3 is 5.97 Å². The summed E-state index contributed by atoms with van der Waals surface area (Å²) >= 11 is 6.13. The molecule has 0 fully saturated rings. The van der Waals surface area contributed by atoms with E-state index in [1.165, 1.54) is 0 Å². The first-order valence-electron chi connectivity index (χ1n) is 6.17. The third-order valence-electron chi connectivity index (χ3n) is 2.65. The van der Waals surface area contributed by atoms with Crippen molar-refractivity contribution in [3.63, 3.8) is 0 Å². The van der Waals surface area contributed by atoms with Crippen LogP contribution in [0, 0.1) is 11.3 Å². The number of esters is 1. The number of nitrogens with one attached hydrogen (secondary N) is 1. The van der Waals surface area contributed by atoms with Crippen molar-refractivity contribution in [3.8, 4) is 6.07 Å². The van der Waals surface area contributed by atoms with Crippen LogP contribution >= 0.6 is 11.6 Å². The predicted molar refractivity (Wildman–Crippen MR) is 75.1 cm³/mol. The minimum Gasteiger partial charge on any atom is -0.463 e. The second-order valence-electron chi connectivity index (χ2n) is 4.07. The Morgan fingerprint density at radius 1 is 1.58 bits per heavy atom. The number of hydrogen-bond donors (Lipinski definition) is 1. The Morgan fingerprint density at radius 2 is 2.32 bits per heavy atom. The van der Waals surface area contributed by atoms with Crippen molar-refractivity contribution in [1.29, 1.82) is 5.26 Å². The van der Waals surface area contributed by atoms with Crippen LogP contribution in [0.4, 0.5) is 5.69 Å². The van der Waals surface area contributed by atoms with Gasteiger partial charge in [0.2, 0.25) is 0 Å². The summed E-state index contributed by atoms with van der Waals surface area (Å²) in [4.78, 5) is 11.7. The molecule has 4 nitrogen and oxygen atoms in total. The van der Waals surface area contributed by atoms with Crippen LogP contribution in [-0.4, -0.2) is 18.6 Å². The van der Waals surface area contributed by atoms with Gasteiger partial charge in [-0.25, -0.2) is 4.79 Å². The Labute approximate surface area is 118 Å². The Hall–Kier alpha value is -1.73. The molecule has 0 bridgehead atoms. The lowest BCUT2D eigenvalue weighted by Gasteiger charge is -2.17. The van der Waals surface area contributed by atoms with E-state index in [-0.39, 0.29) is 13.0 Å². The van der Waals surface area contributed by atoms with E-state index < -0.39 is 12.0 Å². The highest BCUT2D eigenvalue weighted by atomic mass is 35.5. The van der Waals surface area contributed by atoms with E-state index in [4.69, 9.17) is 21.6 Å². The highest BCUT2D eigenvalue weighted by Crippen LogP contribution is 2.27. The Morgan fingerprint density at radius 3 is 2.95 bits per heavy atom. The van der Waals surface area contributed by atoms with Crippen LogP contribution in [0.2, 0.25) is 5.02 Å². The number of benzene rings is 1.